The first kappa shape index (κ1) is 30.9. The molecule has 1 aromatic carbocycles. The molecular formula is C32H50N5O4+. The number of carbonyl (C=O) groups excluding carboxylic acids is 2. The van der Waals surface area contributed by atoms with Gasteiger partial charge in [-0.05, 0) is 75.5 Å². The number of nitrogens with one attached hydrogen (secondary N) is 3. The molecule has 0 bridgehead atoms. The molecule has 0 aromatic heterocycles. The van der Waals surface area contributed by atoms with Crippen molar-refractivity contribution < 1.29 is 24.3 Å². The Morgan fingerprint density at radius 1 is 1.07 bits per heavy atom. The van der Waals surface area contributed by atoms with Crippen molar-refractivity contribution in [2.24, 2.45) is 10.7 Å². The number of aryl methyl sites for hydroxylation is 1. The molecule has 2 unspecified atom stereocenters. The number of nitrogens with zero attached hydrogens (tertiary/aromatic N) is 1. The van der Waals surface area contributed by atoms with E-state index in [9.17, 15) is 14.7 Å². The number of phenols is 1. The largest absolute Gasteiger partial charge is 0.504 e. The summed E-state index contributed by atoms with van der Waals surface area (Å²) in [4.78, 5) is 31.3. The zero-order valence-electron chi connectivity index (χ0n) is 24.5. The highest BCUT2D eigenvalue weighted by Gasteiger charge is 2.20. The smallest absolute Gasteiger partial charge is 0.189 e. The van der Waals surface area contributed by atoms with E-state index in [-0.39, 0.29) is 35.9 Å². The number of aliphatic imine (C=N–C) groups is 1. The van der Waals surface area contributed by atoms with Crippen LogP contribution in [0.15, 0.2) is 35.6 Å². The standard InChI is InChI=1S/C32H49N5O4/c33-32(35-25-7-2-1-3-8-25)36-26(17-19-37-20-18-34-23-37)9-6-10-27(38)22-28(39)15-13-24-14-16-30(40)31(21-24)41-29-11-4-5-12-29/h14,16,18,20-21,25-26,29,34,40H,1-13,15,17,19,22-23H2,(H3,33,35,36)/p+1. The van der Waals surface area contributed by atoms with Gasteiger partial charge in [0.2, 0.25) is 0 Å². The van der Waals surface area contributed by atoms with Crippen LogP contribution in [0.2, 0.25) is 0 Å². The average molecular weight is 569 g/mol. The van der Waals surface area contributed by atoms with Crippen LogP contribution in [0.1, 0.15) is 102 Å². The summed E-state index contributed by atoms with van der Waals surface area (Å²) < 4.78 is 5.97. The number of carbonyl (C=O) groups is 2. The van der Waals surface area contributed by atoms with Crippen molar-refractivity contribution in [3.05, 3.63) is 36.2 Å². The maximum Gasteiger partial charge on any atom is 0.189 e. The summed E-state index contributed by atoms with van der Waals surface area (Å²) in [5.74, 6) is 1.08. The molecule has 4 rings (SSSR count). The summed E-state index contributed by atoms with van der Waals surface area (Å²) in [6.45, 7) is 1.85. The number of hydrogen-bond donors (Lipinski definition) is 5. The highest BCUT2D eigenvalue weighted by atomic mass is 16.5. The fraction of sp³-hybridized carbons (Fsp3) is 0.656. The highest BCUT2D eigenvalue weighted by molar-refractivity contribution is 5.99. The van der Waals surface area contributed by atoms with Crippen molar-refractivity contribution in [2.45, 2.75) is 121 Å². The molecule has 3 aliphatic rings. The number of guanidine groups is 1. The van der Waals surface area contributed by atoms with E-state index in [2.05, 4.69) is 16.8 Å². The Hall–Kier alpha value is -3.07. The van der Waals surface area contributed by atoms with Gasteiger partial charge in [0.15, 0.2) is 24.1 Å². The molecule has 226 valence electrons. The van der Waals surface area contributed by atoms with Gasteiger partial charge in [0.25, 0.3) is 0 Å². The minimum atomic E-state index is -0.0446. The summed E-state index contributed by atoms with van der Waals surface area (Å²) in [6.07, 6.45) is 18.2. The lowest BCUT2D eigenvalue weighted by Gasteiger charge is -2.23. The Kier molecular flexibility index (Phi) is 12.3. The molecular weight excluding hydrogens is 518 g/mol. The van der Waals surface area contributed by atoms with E-state index in [4.69, 9.17) is 15.5 Å². The fourth-order valence-corrected chi connectivity index (χ4v) is 6.12. The molecule has 41 heavy (non-hydrogen) atoms. The van der Waals surface area contributed by atoms with Crippen LogP contribution in [0.25, 0.3) is 0 Å². The first-order chi connectivity index (χ1) is 19.9. The van der Waals surface area contributed by atoms with Gasteiger partial charge in [-0.25, -0.2) is 0 Å². The highest BCUT2D eigenvalue weighted by Crippen LogP contribution is 2.32. The fourth-order valence-electron chi connectivity index (χ4n) is 6.12. The predicted molar refractivity (Wildman–Crippen MR) is 161 cm³/mol. The Morgan fingerprint density at radius 2 is 1.83 bits per heavy atom. The summed E-state index contributed by atoms with van der Waals surface area (Å²) in [7, 11) is 0. The van der Waals surface area contributed by atoms with Crippen LogP contribution in [-0.2, 0) is 16.0 Å². The quantitative estimate of drug-likeness (QED) is 0.118. The number of benzene rings is 1. The first-order valence-electron chi connectivity index (χ1n) is 15.8. The third-order valence-corrected chi connectivity index (χ3v) is 8.54. The number of ether oxygens (including phenoxy) is 1. The lowest BCUT2D eigenvalue weighted by atomic mass is 9.96. The van der Waals surface area contributed by atoms with Gasteiger partial charge in [-0.1, -0.05) is 25.3 Å². The van der Waals surface area contributed by atoms with Crippen LogP contribution in [0, 0.1) is 0 Å². The lowest BCUT2D eigenvalue weighted by molar-refractivity contribution is -0.843. The molecule has 0 saturated heterocycles. The molecule has 6 N–H and O–H groups in total. The monoisotopic (exact) mass is 568 g/mol. The van der Waals surface area contributed by atoms with Crippen LogP contribution in [0.4, 0.5) is 0 Å². The SMILES string of the molecule is NC(=NC1CCCCC1)NC(CCCC(=O)CC(=O)CCc1ccc(O)c(OC2CCCC2)c1)CC[NH+]1C=CNC1. The molecule has 0 spiro atoms. The van der Waals surface area contributed by atoms with Crippen molar-refractivity contribution in [2.75, 3.05) is 13.2 Å². The molecule has 9 heteroatoms. The number of hydrogen-bond acceptors (Lipinski definition) is 6. The van der Waals surface area contributed by atoms with Crippen molar-refractivity contribution in [3.8, 4) is 11.5 Å². The number of Topliss-reactive ketones (excluding diaryl/α,β-unsaturated/α-hetero) is 2. The van der Waals surface area contributed by atoms with E-state index in [1.807, 2.05) is 18.3 Å². The molecule has 2 aliphatic carbocycles. The zero-order valence-corrected chi connectivity index (χ0v) is 24.5. The first-order valence-corrected chi connectivity index (χ1v) is 15.8. The van der Waals surface area contributed by atoms with Gasteiger partial charge >= 0.3 is 0 Å². The maximum atomic E-state index is 12.6. The Labute approximate surface area is 245 Å². The minimum Gasteiger partial charge on any atom is -0.504 e. The van der Waals surface area contributed by atoms with E-state index in [0.717, 1.165) is 70.1 Å². The zero-order chi connectivity index (χ0) is 28.9. The van der Waals surface area contributed by atoms with Gasteiger partial charge in [-0.15, -0.1) is 0 Å². The van der Waals surface area contributed by atoms with Crippen LogP contribution >= 0.6 is 0 Å². The molecule has 1 aromatic rings. The number of quaternary nitrogens is 1. The van der Waals surface area contributed by atoms with Crippen molar-refractivity contribution in [3.63, 3.8) is 0 Å². The summed E-state index contributed by atoms with van der Waals surface area (Å²) in [5, 5.41) is 16.8. The van der Waals surface area contributed by atoms with Crippen LogP contribution in [-0.4, -0.2) is 54.0 Å². The molecule has 1 heterocycles. The van der Waals surface area contributed by atoms with Gasteiger partial charge < -0.3 is 26.2 Å². The number of ketones is 2. The van der Waals surface area contributed by atoms with Crippen LogP contribution in [0.3, 0.4) is 0 Å². The average Bonchev–Trinajstić information content (AvgIpc) is 3.67. The number of rotatable bonds is 16. The molecule has 1 aliphatic heterocycles. The topological polar surface area (TPSA) is 130 Å². The van der Waals surface area contributed by atoms with E-state index in [1.54, 1.807) is 6.07 Å². The van der Waals surface area contributed by atoms with E-state index < -0.39 is 0 Å². The predicted octanol–water partition coefficient (Wildman–Crippen LogP) is 3.26. The molecule has 2 atom stereocenters. The van der Waals surface area contributed by atoms with E-state index in [0.29, 0.717) is 43.4 Å². The van der Waals surface area contributed by atoms with E-state index in [1.165, 1.54) is 24.2 Å². The Morgan fingerprint density at radius 3 is 2.59 bits per heavy atom. The normalized spacial score (nSPS) is 20.6. The molecule has 0 radical (unpaired) electrons. The molecule has 9 nitrogen and oxygen atoms in total. The second kappa shape index (κ2) is 16.4. The van der Waals surface area contributed by atoms with Gasteiger partial charge in [0, 0.05) is 25.3 Å². The minimum absolute atomic E-state index is 0.00847. The molecule has 0 amide bonds. The van der Waals surface area contributed by atoms with Gasteiger partial charge in [0.1, 0.15) is 17.8 Å². The third kappa shape index (κ3) is 11.0. The second-order valence-electron chi connectivity index (χ2n) is 12.0. The Balaban J connectivity index is 1.18. The summed E-state index contributed by atoms with van der Waals surface area (Å²) >= 11 is 0. The summed E-state index contributed by atoms with van der Waals surface area (Å²) in [6, 6.07) is 5.73. The van der Waals surface area contributed by atoms with Crippen LogP contribution < -0.4 is 26.0 Å². The lowest BCUT2D eigenvalue weighted by Crippen LogP contribution is -3.07. The van der Waals surface area contributed by atoms with Crippen molar-refractivity contribution in [1.29, 1.82) is 0 Å². The van der Waals surface area contributed by atoms with Crippen molar-refractivity contribution >= 4 is 17.5 Å². The van der Waals surface area contributed by atoms with E-state index >= 15 is 0 Å². The number of nitrogens with two attached hydrogens (primary N) is 1. The summed E-state index contributed by atoms with van der Waals surface area (Å²) in [5.41, 5.74) is 7.23. The number of aromatic hydroxyl groups is 1. The molecule has 2 fully saturated rings. The molecule has 2 saturated carbocycles. The van der Waals surface area contributed by atoms with Crippen molar-refractivity contribution in [1.82, 2.24) is 10.6 Å². The maximum absolute atomic E-state index is 12.6. The number of phenolic OH excluding ortho intramolecular Hbond substituents is 1. The van der Waals surface area contributed by atoms with Crippen LogP contribution in [0.5, 0.6) is 11.5 Å². The van der Waals surface area contributed by atoms with Gasteiger partial charge in [-0.2, -0.15) is 0 Å². The Bertz CT molecular complexity index is 1050. The second-order valence-corrected chi connectivity index (χ2v) is 12.0. The third-order valence-electron chi connectivity index (χ3n) is 8.54. The van der Waals surface area contributed by atoms with Gasteiger partial charge in [0.05, 0.1) is 31.3 Å². The van der Waals surface area contributed by atoms with Gasteiger partial charge in [-0.3, -0.25) is 19.5 Å².